The molecule has 0 nitrogen and oxygen atoms in total. The Morgan fingerprint density at radius 2 is 1.50 bits per heavy atom. The highest BCUT2D eigenvalue weighted by Crippen LogP contribution is 2.19. The molecular weight excluding hydrogens is 96.1 g/mol. The fraction of sp³-hybridized carbons (Fsp3) is 0.875. The van der Waals surface area contributed by atoms with Crippen LogP contribution in [0.1, 0.15) is 40.5 Å². The van der Waals surface area contributed by atoms with E-state index in [1.807, 2.05) is 0 Å². The molecule has 8 heavy (non-hydrogen) atoms. The average molecular weight is 113 g/mol. The molecule has 0 aliphatic carbocycles. The van der Waals surface area contributed by atoms with E-state index in [1.165, 1.54) is 12.8 Å². The second-order valence-corrected chi connectivity index (χ2v) is 2.59. The van der Waals surface area contributed by atoms with E-state index in [-0.39, 0.29) is 0 Å². The topological polar surface area (TPSA) is 0 Å². The van der Waals surface area contributed by atoms with Crippen LogP contribution in [0.15, 0.2) is 0 Å². The summed E-state index contributed by atoms with van der Waals surface area (Å²) in [4.78, 5) is 0. The summed E-state index contributed by atoms with van der Waals surface area (Å²) in [6.07, 6.45) is 2.61. The first-order valence-corrected chi connectivity index (χ1v) is 3.52. The molecule has 0 atom stereocenters. The summed E-state index contributed by atoms with van der Waals surface area (Å²) in [5, 5.41) is 0. The molecule has 0 aliphatic rings. The highest BCUT2D eigenvalue weighted by Gasteiger charge is 2.06. The normalized spacial score (nSPS) is 11.2. The third-order valence-corrected chi connectivity index (χ3v) is 1.80. The van der Waals surface area contributed by atoms with Gasteiger partial charge in [-0.1, -0.05) is 40.5 Å². The van der Waals surface area contributed by atoms with Crippen LogP contribution in [0.4, 0.5) is 0 Å². The van der Waals surface area contributed by atoms with Gasteiger partial charge >= 0.3 is 0 Å². The number of hydrogen-bond donors (Lipinski definition) is 0. The Labute approximate surface area is 53.3 Å². The molecule has 0 fully saturated rings. The van der Waals surface area contributed by atoms with Crippen LogP contribution >= 0.6 is 0 Å². The van der Waals surface area contributed by atoms with Gasteiger partial charge in [-0.05, 0) is 11.8 Å². The lowest BCUT2D eigenvalue weighted by atomic mass is 9.91. The molecule has 0 amide bonds. The maximum Gasteiger partial charge on any atom is -0.0272 e. The summed E-state index contributed by atoms with van der Waals surface area (Å²) in [5.41, 5.74) is 0. The molecule has 49 valence electrons. The lowest BCUT2D eigenvalue weighted by Crippen LogP contribution is -2.02. The maximum absolute atomic E-state index is 2.25. The van der Waals surface area contributed by atoms with Crippen molar-refractivity contribution in [3.05, 3.63) is 5.92 Å². The van der Waals surface area contributed by atoms with Crippen LogP contribution in [0.5, 0.6) is 0 Å². The minimum absolute atomic E-state index is 0.870. The summed E-state index contributed by atoms with van der Waals surface area (Å²) < 4.78 is 0. The summed E-state index contributed by atoms with van der Waals surface area (Å²) in [6.45, 7) is 8.94. The van der Waals surface area contributed by atoms with Gasteiger partial charge in [0.1, 0.15) is 0 Å². The third kappa shape index (κ3) is 2.34. The van der Waals surface area contributed by atoms with Gasteiger partial charge in [-0.2, -0.15) is 0 Å². The largest absolute Gasteiger partial charge is 0.0651 e. The quantitative estimate of drug-likeness (QED) is 0.527. The Morgan fingerprint density at radius 3 is 1.50 bits per heavy atom. The Morgan fingerprint density at radius 1 is 1.12 bits per heavy atom. The van der Waals surface area contributed by atoms with E-state index < -0.39 is 0 Å². The highest BCUT2D eigenvalue weighted by molar-refractivity contribution is 4.84. The van der Waals surface area contributed by atoms with E-state index >= 15 is 0 Å². The van der Waals surface area contributed by atoms with E-state index in [9.17, 15) is 0 Å². The van der Waals surface area contributed by atoms with Crippen molar-refractivity contribution in [3.8, 4) is 0 Å². The van der Waals surface area contributed by atoms with Gasteiger partial charge in [-0.25, -0.2) is 0 Å². The number of hydrogen-bond acceptors (Lipinski definition) is 0. The van der Waals surface area contributed by atoms with Crippen molar-refractivity contribution >= 4 is 0 Å². The molecule has 1 radical (unpaired) electrons. The van der Waals surface area contributed by atoms with Crippen molar-refractivity contribution < 1.29 is 0 Å². The first kappa shape index (κ1) is 8.00. The summed E-state index contributed by atoms with van der Waals surface area (Å²) in [6, 6.07) is 0. The summed E-state index contributed by atoms with van der Waals surface area (Å²) >= 11 is 0. The van der Waals surface area contributed by atoms with E-state index in [1.54, 1.807) is 5.92 Å². The molecule has 0 aliphatic heterocycles. The van der Waals surface area contributed by atoms with Gasteiger partial charge < -0.3 is 0 Å². The first-order chi connectivity index (χ1) is 3.72. The molecule has 0 aromatic carbocycles. The third-order valence-electron chi connectivity index (χ3n) is 1.80. The van der Waals surface area contributed by atoms with E-state index in [0.29, 0.717) is 0 Å². The molecule has 0 spiro atoms. The minimum Gasteiger partial charge on any atom is -0.0651 e. The van der Waals surface area contributed by atoms with Crippen molar-refractivity contribution in [3.63, 3.8) is 0 Å². The van der Waals surface area contributed by atoms with Crippen LogP contribution in [0, 0.1) is 11.8 Å². The number of rotatable bonds is 3. The van der Waals surface area contributed by atoms with Gasteiger partial charge in [0.05, 0.1) is 0 Å². The molecule has 0 rings (SSSR count). The van der Waals surface area contributed by atoms with Crippen LogP contribution in [0.3, 0.4) is 0 Å². The Balaban J connectivity index is 3.35. The molecule has 0 heterocycles. The van der Waals surface area contributed by atoms with Crippen molar-refractivity contribution in [1.29, 1.82) is 0 Å². The molecule has 0 heteroatoms. The van der Waals surface area contributed by atoms with Crippen LogP contribution in [-0.4, -0.2) is 0 Å². The lowest BCUT2D eigenvalue weighted by molar-refractivity contribution is 0.512. The molecule has 0 saturated heterocycles. The molecule has 0 unspecified atom stereocenters. The van der Waals surface area contributed by atoms with Gasteiger partial charge in [-0.3, -0.25) is 0 Å². The van der Waals surface area contributed by atoms with Crippen molar-refractivity contribution in [2.45, 2.75) is 40.5 Å². The van der Waals surface area contributed by atoms with Crippen molar-refractivity contribution in [2.24, 2.45) is 5.92 Å². The van der Waals surface area contributed by atoms with Crippen LogP contribution in [0.2, 0.25) is 0 Å². The fourth-order valence-electron chi connectivity index (χ4n) is 1.11. The van der Waals surface area contributed by atoms with Gasteiger partial charge in [0.25, 0.3) is 0 Å². The van der Waals surface area contributed by atoms with Crippen LogP contribution < -0.4 is 0 Å². The second kappa shape index (κ2) is 3.94. The van der Waals surface area contributed by atoms with E-state index in [0.717, 1.165) is 5.92 Å². The van der Waals surface area contributed by atoms with Gasteiger partial charge in [0, 0.05) is 0 Å². The Hall–Kier alpha value is 0. The monoisotopic (exact) mass is 113 g/mol. The van der Waals surface area contributed by atoms with Crippen molar-refractivity contribution in [2.75, 3.05) is 0 Å². The second-order valence-electron chi connectivity index (χ2n) is 2.59. The minimum atomic E-state index is 0.870. The molecule has 0 aromatic rings. The molecule has 0 N–H and O–H groups in total. The standard InChI is InChI=1S/C8H17/c1-5-8(6-2)7(3)4/h8H,5-6H2,1-4H3. The molecule has 0 saturated carbocycles. The zero-order chi connectivity index (χ0) is 6.57. The predicted octanol–water partition coefficient (Wildman–Crippen LogP) is 3.04. The van der Waals surface area contributed by atoms with Gasteiger partial charge in [0.2, 0.25) is 0 Å². The summed E-state index contributed by atoms with van der Waals surface area (Å²) in [7, 11) is 0. The Bertz CT molecular complexity index is 42.0. The van der Waals surface area contributed by atoms with Crippen LogP contribution in [0.25, 0.3) is 0 Å². The van der Waals surface area contributed by atoms with Crippen molar-refractivity contribution in [1.82, 2.24) is 0 Å². The van der Waals surface area contributed by atoms with Gasteiger partial charge in [-0.15, -0.1) is 0 Å². The smallest absolute Gasteiger partial charge is 0.0272 e. The maximum atomic E-state index is 2.25. The fourth-order valence-corrected chi connectivity index (χ4v) is 1.11. The molecule has 0 aromatic heterocycles. The zero-order valence-electron chi connectivity index (χ0n) is 6.49. The Kier molecular flexibility index (Phi) is 3.94. The zero-order valence-corrected chi connectivity index (χ0v) is 6.49. The highest BCUT2D eigenvalue weighted by atomic mass is 14.1. The first-order valence-electron chi connectivity index (χ1n) is 3.52. The lowest BCUT2D eigenvalue weighted by Gasteiger charge is -2.14. The molecule has 0 bridgehead atoms. The van der Waals surface area contributed by atoms with E-state index in [2.05, 4.69) is 27.7 Å². The van der Waals surface area contributed by atoms with Crippen LogP contribution in [-0.2, 0) is 0 Å². The summed E-state index contributed by atoms with van der Waals surface area (Å²) in [5.74, 6) is 2.45. The predicted molar refractivity (Wildman–Crippen MR) is 38.7 cm³/mol. The average Bonchev–Trinajstić information content (AvgIpc) is 1.69. The van der Waals surface area contributed by atoms with E-state index in [4.69, 9.17) is 0 Å². The molecular formula is C8H17. The van der Waals surface area contributed by atoms with Gasteiger partial charge in [0.15, 0.2) is 0 Å². The SMILES string of the molecule is CCC(CC)[C](C)C.